The molecule has 0 saturated heterocycles. The van der Waals surface area contributed by atoms with Gasteiger partial charge in [0.2, 0.25) is 6.79 Å². The van der Waals surface area contributed by atoms with Crippen molar-refractivity contribution in [1.29, 1.82) is 0 Å². The van der Waals surface area contributed by atoms with Gasteiger partial charge in [-0.2, -0.15) is 0 Å². The van der Waals surface area contributed by atoms with Crippen LogP contribution < -0.4 is 44.1 Å². The zero-order valence-corrected chi connectivity index (χ0v) is 11.4. The van der Waals surface area contributed by atoms with Crippen LogP contribution in [0, 0.1) is 0 Å². The predicted molar refractivity (Wildman–Crippen MR) is 55.7 cm³/mol. The first-order valence-electron chi connectivity index (χ1n) is 4.71. The van der Waals surface area contributed by atoms with Crippen LogP contribution in [0.1, 0.15) is 5.56 Å². The van der Waals surface area contributed by atoms with Gasteiger partial charge in [-0.3, -0.25) is 0 Å². The van der Waals surface area contributed by atoms with Gasteiger partial charge in [0.05, 0.1) is 5.97 Å². The summed E-state index contributed by atoms with van der Waals surface area (Å²) in [6.07, 6.45) is 5.75. The zero-order valence-electron chi connectivity index (χ0n) is 9.38. The smallest absolute Gasteiger partial charge is 0.545 e. The number of allylic oxidation sites excluding steroid dienone is 2. The van der Waals surface area contributed by atoms with Crippen molar-refractivity contribution in [3.63, 3.8) is 0 Å². The molecule has 0 aromatic heterocycles. The molecular formula is C12H9NaO4. The second-order valence-electron chi connectivity index (χ2n) is 3.15. The van der Waals surface area contributed by atoms with Crippen molar-refractivity contribution in [2.75, 3.05) is 6.79 Å². The Balaban J connectivity index is 0.00000144. The van der Waals surface area contributed by atoms with Crippen molar-refractivity contribution in [2.45, 2.75) is 0 Å². The van der Waals surface area contributed by atoms with Gasteiger partial charge in [-0.25, -0.2) is 0 Å². The van der Waals surface area contributed by atoms with Crippen molar-refractivity contribution >= 4 is 12.0 Å². The molecule has 1 aliphatic heterocycles. The topological polar surface area (TPSA) is 58.6 Å². The fourth-order valence-corrected chi connectivity index (χ4v) is 1.32. The van der Waals surface area contributed by atoms with Gasteiger partial charge < -0.3 is 19.4 Å². The summed E-state index contributed by atoms with van der Waals surface area (Å²) in [5.74, 6) is 0.212. The van der Waals surface area contributed by atoms with Gasteiger partial charge in [0.15, 0.2) is 11.5 Å². The van der Waals surface area contributed by atoms with Gasteiger partial charge in [-0.05, 0) is 23.8 Å². The van der Waals surface area contributed by atoms with Gasteiger partial charge in [0.1, 0.15) is 0 Å². The third kappa shape index (κ3) is 3.93. The van der Waals surface area contributed by atoms with Crippen LogP contribution in [-0.2, 0) is 4.79 Å². The second kappa shape index (κ2) is 6.49. The molecule has 0 fully saturated rings. The van der Waals surface area contributed by atoms with Crippen molar-refractivity contribution < 1.29 is 48.9 Å². The number of hydrogen-bond acceptors (Lipinski definition) is 4. The van der Waals surface area contributed by atoms with Crippen molar-refractivity contribution in [1.82, 2.24) is 0 Å². The molecule has 17 heavy (non-hydrogen) atoms. The molecular weight excluding hydrogens is 231 g/mol. The zero-order chi connectivity index (χ0) is 11.4. The Bertz CT molecular complexity index is 466. The Morgan fingerprint density at radius 3 is 2.76 bits per heavy atom. The Hall–Kier alpha value is -1.23. The minimum atomic E-state index is -1.21. The average molecular weight is 240 g/mol. The minimum Gasteiger partial charge on any atom is -0.545 e. The summed E-state index contributed by atoms with van der Waals surface area (Å²) in [7, 11) is 0. The number of carboxylic acids is 1. The van der Waals surface area contributed by atoms with E-state index in [1.807, 2.05) is 18.2 Å². The minimum absolute atomic E-state index is 0. The molecule has 0 N–H and O–H groups in total. The van der Waals surface area contributed by atoms with Crippen LogP contribution in [0.25, 0.3) is 6.08 Å². The van der Waals surface area contributed by atoms with Crippen LogP contribution in [0.15, 0.2) is 36.4 Å². The molecule has 0 bridgehead atoms. The van der Waals surface area contributed by atoms with E-state index in [9.17, 15) is 9.90 Å². The Morgan fingerprint density at radius 1 is 1.24 bits per heavy atom. The van der Waals surface area contributed by atoms with Crippen LogP contribution in [0.3, 0.4) is 0 Å². The summed E-state index contributed by atoms with van der Waals surface area (Å²) in [6, 6.07) is 5.49. The SMILES string of the molecule is O=C([O-])/C=C/C=C/c1ccc2c(c1)OCO2.[Na+]. The van der Waals surface area contributed by atoms with Crippen molar-refractivity contribution in [2.24, 2.45) is 0 Å². The normalized spacial score (nSPS) is 12.9. The Kier molecular flexibility index (Phi) is 5.28. The van der Waals surface area contributed by atoms with Gasteiger partial charge >= 0.3 is 29.6 Å². The number of aliphatic carboxylic acids is 1. The molecule has 0 atom stereocenters. The van der Waals surface area contributed by atoms with E-state index >= 15 is 0 Å². The Morgan fingerprint density at radius 2 is 2.00 bits per heavy atom. The molecule has 4 nitrogen and oxygen atoms in total. The molecule has 82 valence electrons. The third-order valence-corrected chi connectivity index (χ3v) is 2.03. The number of carbonyl (C=O) groups excluding carboxylic acids is 1. The van der Waals surface area contributed by atoms with E-state index in [0.29, 0.717) is 5.75 Å². The van der Waals surface area contributed by atoms with Gasteiger partial charge in [0, 0.05) is 0 Å². The summed E-state index contributed by atoms with van der Waals surface area (Å²) in [5, 5.41) is 10.1. The standard InChI is InChI=1S/C12H10O4.Na/c13-12(14)4-2-1-3-9-5-6-10-11(7-9)16-8-15-10;/h1-7H,8H2,(H,13,14);/q;+1/p-1/b3-1+,4-2+;. The third-order valence-electron chi connectivity index (χ3n) is 2.03. The largest absolute Gasteiger partial charge is 1.00 e. The number of rotatable bonds is 3. The number of ether oxygens (including phenoxy) is 2. The quantitative estimate of drug-likeness (QED) is 0.340. The van der Waals surface area contributed by atoms with Crippen LogP contribution >= 0.6 is 0 Å². The summed E-state index contributed by atoms with van der Waals surface area (Å²) < 4.78 is 10.4. The van der Waals surface area contributed by atoms with E-state index in [1.165, 1.54) is 6.08 Å². The molecule has 0 unspecified atom stereocenters. The van der Waals surface area contributed by atoms with E-state index in [2.05, 4.69) is 0 Å². The number of carboxylic acid groups (broad SMARTS) is 1. The van der Waals surface area contributed by atoms with E-state index in [4.69, 9.17) is 9.47 Å². The van der Waals surface area contributed by atoms with Gasteiger partial charge in [-0.1, -0.05) is 24.3 Å². The van der Waals surface area contributed by atoms with E-state index in [0.717, 1.165) is 17.4 Å². The molecule has 1 aliphatic rings. The molecule has 0 amide bonds. The van der Waals surface area contributed by atoms with Crippen LogP contribution in [0.5, 0.6) is 11.5 Å². The van der Waals surface area contributed by atoms with Gasteiger partial charge in [0.25, 0.3) is 0 Å². The number of carbonyl (C=O) groups is 1. The fraction of sp³-hybridized carbons (Fsp3) is 0.0833. The maximum atomic E-state index is 10.1. The Labute approximate surface area is 121 Å². The number of benzene rings is 1. The van der Waals surface area contributed by atoms with Crippen molar-refractivity contribution in [3.05, 3.63) is 42.0 Å². The summed E-state index contributed by atoms with van der Waals surface area (Å²) in [6.45, 7) is 0.243. The second-order valence-corrected chi connectivity index (χ2v) is 3.15. The summed E-state index contributed by atoms with van der Waals surface area (Å²) in [4.78, 5) is 10.1. The number of fused-ring (bicyclic) bond motifs is 1. The van der Waals surface area contributed by atoms with Crippen LogP contribution in [0.2, 0.25) is 0 Å². The van der Waals surface area contributed by atoms with Crippen LogP contribution in [-0.4, -0.2) is 12.8 Å². The molecule has 2 rings (SSSR count). The average Bonchev–Trinajstić information content (AvgIpc) is 2.71. The van der Waals surface area contributed by atoms with E-state index in [-0.39, 0.29) is 36.4 Å². The van der Waals surface area contributed by atoms with Crippen molar-refractivity contribution in [3.8, 4) is 11.5 Å². The molecule has 0 radical (unpaired) electrons. The summed E-state index contributed by atoms with van der Waals surface area (Å²) in [5.41, 5.74) is 0.909. The van der Waals surface area contributed by atoms with Crippen LogP contribution in [0.4, 0.5) is 0 Å². The first-order valence-corrected chi connectivity index (χ1v) is 4.71. The first kappa shape index (κ1) is 13.8. The molecule has 1 aromatic rings. The molecule has 0 saturated carbocycles. The van der Waals surface area contributed by atoms with Gasteiger partial charge in [-0.15, -0.1) is 0 Å². The molecule has 1 aromatic carbocycles. The molecule has 0 spiro atoms. The first-order chi connectivity index (χ1) is 7.75. The number of hydrogen-bond donors (Lipinski definition) is 0. The summed E-state index contributed by atoms with van der Waals surface area (Å²) >= 11 is 0. The fourth-order valence-electron chi connectivity index (χ4n) is 1.32. The van der Waals surface area contributed by atoms with E-state index in [1.54, 1.807) is 12.2 Å². The maximum absolute atomic E-state index is 10.1. The molecule has 0 aliphatic carbocycles. The predicted octanol–water partition coefficient (Wildman–Crippen LogP) is -2.26. The molecule has 5 heteroatoms. The van der Waals surface area contributed by atoms with E-state index < -0.39 is 5.97 Å². The monoisotopic (exact) mass is 240 g/mol. The maximum Gasteiger partial charge on any atom is 1.00 e. The molecule has 1 heterocycles.